The van der Waals surface area contributed by atoms with Crippen LogP contribution in [-0.4, -0.2) is 20.9 Å². The number of nitro benzene ring substituents is 1. The van der Waals surface area contributed by atoms with Crippen LogP contribution in [0.3, 0.4) is 0 Å². The second-order valence-corrected chi connectivity index (χ2v) is 4.89. The Kier molecular flexibility index (Phi) is 3.71. The van der Waals surface area contributed by atoms with Gasteiger partial charge in [0.2, 0.25) is 0 Å². The number of nitro groups is 1. The number of hydrogen-bond donors (Lipinski definition) is 1. The second kappa shape index (κ2) is 5.27. The summed E-state index contributed by atoms with van der Waals surface area (Å²) in [5.74, 6) is 0.323. The number of fused-ring (bicyclic) bond motifs is 1. The molecule has 2 aromatic rings. The van der Waals surface area contributed by atoms with Crippen LogP contribution in [0.25, 0.3) is 10.9 Å². The molecule has 0 saturated heterocycles. The van der Waals surface area contributed by atoms with Crippen LogP contribution in [0.1, 0.15) is 19.5 Å². The monoisotopic (exact) mass is 260 g/mol. The lowest BCUT2D eigenvalue weighted by Crippen LogP contribution is -2.29. The lowest BCUT2D eigenvalue weighted by atomic mass is 9.98. The smallest absolute Gasteiger partial charge is 0.270 e. The van der Waals surface area contributed by atoms with E-state index < -0.39 is 4.92 Å². The molecule has 0 aliphatic carbocycles. The molecule has 0 saturated carbocycles. The molecule has 6 heteroatoms. The molecule has 0 aliphatic heterocycles. The molecule has 2 N–H and O–H groups in total. The highest BCUT2D eigenvalue weighted by molar-refractivity contribution is 5.83. The van der Waals surface area contributed by atoms with E-state index in [1.54, 1.807) is 6.07 Å². The van der Waals surface area contributed by atoms with Gasteiger partial charge in [0.25, 0.3) is 5.69 Å². The minimum atomic E-state index is -0.418. The SMILES string of the molecule is CC(C)C(N)Cc1ncnc2ccc([N+](=O)[O-])cc12. The van der Waals surface area contributed by atoms with Crippen molar-refractivity contribution < 1.29 is 4.92 Å². The highest BCUT2D eigenvalue weighted by Crippen LogP contribution is 2.22. The van der Waals surface area contributed by atoms with E-state index in [1.165, 1.54) is 18.5 Å². The van der Waals surface area contributed by atoms with E-state index in [9.17, 15) is 10.1 Å². The van der Waals surface area contributed by atoms with Gasteiger partial charge in [-0.2, -0.15) is 0 Å². The van der Waals surface area contributed by atoms with Crippen LogP contribution in [-0.2, 0) is 6.42 Å². The van der Waals surface area contributed by atoms with Crippen molar-refractivity contribution in [1.29, 1.82) is 0 Å². The van der Waals surface area contributed by atoms with Crippen molar-refractivity contribution in [2.24, 2.45) is 11.7 Å². The number of aromatic nitrogens is 2. The van der Waals surface area contributed by atoms with E-state index in [-0.39, 0.29) is 11.7 Å². The van der Waals surface area contributed by atoms with Crippen molar-refractivity contribution in [3.8, 4) is 0 Å². The van der Waals surface area contributed by atoms with Crippen LogP contribution < -0.4 is 5.73 Å². The average molecular weight is 260 g/mol. The standard InChI is InChI=1S/C13H16N4O2/c1-8(2)11(14)6-13-10-5-9(17(18)19)3-4-12(10)15-7-16-13/h3-5,7-8,11H,6,14H2,1-2H3. The summed E-state index contributed by atoms with van der Waals surface area (Å²) < 4.78 is 0. The lowest BCUT2D eigenvalue weighted by molar-refractivity contribution is -0.384. The Labute approximate surface area is 110 Å². The highest BCUT2D eigenvalue weighted by Gasteiger charge is 2.14. The molecule has 1 heterocycles. The Morgan fingerprint density at radius 2 is 2.11 bits per heavy atom. The molecule has 0 aliphatic rings. The Hall–Kier alpha value is -2.08. The molecule has 0 radical (unpaired) electrons. The molecule has 2 rings (SSSR count). The molecule has 1 unspecified atom stereocenters. The largest absolute Gasteiger partial charge is 0.327 e. The van der Waals surface area contributed by atoms with Gasteiger partial charge in [0.05, 0.1) is 16.1 Å². The van der Waals surface area contributed by atoms with Gasteiger partial charge >= 0.3 is 0 Å². The Bertz CT molecular complexity index is 613. The predicted molar refractivity (Wildman–Crippen MR) is 72.7 cm³/mol. The maximum atomic E-state index is 10.8. The molecule has 19 heavy (non-hydrogen) atoms. The summed E-state index contributed by atoms with van der Waals surface area (Å²) in [6.45, 7) is 4.08. The van der Waals surface area contributed by atoms with Gasteiger partial charge in [0.15, 0.2) is 0 Å². The first-order chi connectivity index (χ1) is 8.99. The molecule has 0 amide bonds. The average Bonchev–Trinajstić information content (AvgIpc) is 2.38. The summed E-state index contributed by atoms with van der Waals surface area (Å²) >= 11 is 0. The number of non-ortho nitro benzene ring substituents is 1. The summed E-state index contributed by atoms with van der Waals surface area (Å²) in [4.78, 5) is 18.7. The number of hydrogen-bond acceptors (Lipinski definition) is 5. The Morgan fingerprint density at radius 3 is 2.74 bits per heavy atom. The highest BCUT2D eigenvalue weighted by atomic mass is 16.6. The van der Waals surface area contributed by atoms with Gasteiger partial charge in [0.1, 0.15) is 6.33 Å². The maximum absolute atomic E-state index is 10.8. The van der Waals surface area contributed by atoms with E-state index >= 15 is 0 Å². The van der Waals surface area contributed by atoms with Gasteiger partial charge in [-0.3, -0.25) is 10.1 Å². The van der Waals surface area contributed by atoms with Crippen molar-refractivity contribution in [3.05, 3.63) is 40.3 Å². The third kappa shape index (κ3) is 2.85. The number of rotatable bonds is 4. The maximum Gasteiger partial charge on any atom is 0.270 e. The molecule has 0 bridgehead atoms. The van der Waals surface area contributed by atoms with Gasteiger partial charge in [-0.1, -0.05) is 13.8 Å². The molecule has 1 aromatic carbocycles. The van der Waals surface area contributed by atoms with Gasteiger partial charge < -0.3 is 5.73 Å². The lowest BCUT2D eigenvalue weighted by Gasteiger charge is -2.15. The third-order valence-corrected chi connectivity index (χ3v) is 3.20. The summed E-state index contributed by atoms with van der Waals surface area (Å²) in [5, 5.41) is 11.5. The zero-order valence-corrected chi connectivity index (χ0v) is 10.9. The molecule has 0 spiro atoms. The van der Waals surface area contributed by atoms with Crippen LogP contribution in [0.15, 0.2) is 24.5 Å². The van der Waals surface area contributed by atoms with Crippen LogP contribution in [0.2, 0.25) is 0 Å². The normalized spacial score (nSPS) is 12.8. The molecule has 1 aromatic heterocycles. The van der Waals surface area contributed by atoms with E-state index in [0.717, 1.165) is 5.69 Å². The van der Waals surface area contributed by atoms with Crippen LogP contribution in [0.4, 0.5) is 5.69 Å². The molecular weight excluding hydrogens is 244 g/mol. The molecule has 6 nitrogen and oxygen atoms in total. The summed E-state index contributed by atoms with van der Waals surface area (Å²) in [7, 11) is 0. The zero-order valence-electron chi connectivity index (χ0n) is 10.9. The number of benzene rings is 1. The van der Waals surface area contributed by atoms with E-state index in [2.05, 4.69) is 9.97 Å². The first kappa shape index (κ1) is 13.4. The van der Waals surface area contributed by atoms with Crippen LogP contribution in [0.5, 0.6) is 0 Å². The topological polar surface area (TPSA) is 94.9 Å². The first-order valence-corrected chi connectivity index (χ1v) is 6.12. The van der Waals surface area contributed by atoms with Gasteiger partial charge in [0, 0.05) is 30.0 Å². The fraction of sp³-hybridized carbons (Fsp3) is 0.385. The Balaban J connectivity index is 2.48. The van der Waals surface area contributed by atoms with E-state index in [4.69, 9.17) is 5.73 Å². The third-order valence-electron chi connectivity index (χ3n) is 3.20. The number of nitrogens with two attached hydrogens (primary N) is 1. The van der Waals surface area contributed by atoms with Crippen LogP contribution >= 0.6 is 0 Å². The van der Waals surface area contributed by atoms with Crippen LogP contribution in [0, 0.1) is 16.0 Å². The van der Waals surface area contributed by atoms with Crippen molar-refractivity contribution in [2.45, 2.75) is 26.3 Å². The predicted octanol–water partition coefficient (Wildman–Crippen LogP) is 2.06. The summed E-state index contributed by atoms with van der Waals surface area (Å²) in [5.41, 5.74) is 7.55. The zero-order chi connectivity index (χ0) is 14.0. The molecule has 1 atom stereocenters. The Morgan fingerprint density at radius 1 is 1.37 bits per heavy atom. The second-order valence-electron chi connectivity index (χ2n) is 4.89. The number of nitrogens with zero attached hydrogens (tertiary/aromatic N) is 3. The molecule has 100 valence electrons. The van der Waals surface area contributed by atoms with Gasteiger partial charge in [-0.25, -0.2) is 9.97 Å². The van der Waals surface area contributed by atoms with Gasteiger partial charge in [-0.15, -0.1) is 0 Å². The van der Waals surface area contributed by atoms with Crippen molar-refractivity contribution in [2.75, 3.05) is 0 Å². The summed E-state index contributed by atoms with van der Waals surface area (Å²) in [6.07, 6.45) is 2.05. The van der Waals surface area contributed by atoms with Crippen molar-refractivity contribution in [3.63, 3.8) is 0 Å². The molecular formula is C13H16N4O2. The van der Waals surface area contributed by atoms with E-state index in [0.29, 0.717) is 23.2 Å². The van der Waals surface area contributed by atoms with Gasteiger partial charge in [-0.05, 0) is 12.0 Å². The summed E-state index contributed by atoms with van der Waals surface area (Å²) in [6, 6.07) is 4.57. The quantitative estimate of drug-likeness (QED) is 0.670. The van der Waals surface area contributed by atoms with Crippen molar-refractivity contribution >= 4 is 16.6 Å². The fourth-order valence-corrected chi connectivity index (χ4v) is 1.83. The van der Waals surface area contributed by atoms with E-state index in [1.807, 2.05) is 13.8 Å². The minimum absolute atomic E-state index is 0.0302. The minimum Gasteiger partial charge on any atom is -0.327 e. The van der Waals surface area contributed by atoms with Crippen molar-refractivity contribution in [1.82, 2.24) is 9.97 Å². The fourth-order valence-electron chi connectivity index (χ4n) is 1.83. The first-order valence-electron chi connectivity index (χ1n) is 6.12. The molecule has 0 fully saturated rings.